The number of para-hydroxylation sites is 1. The number of aryl methyl sites for hydroxylation is 1. The number of rotatable bonds is 7. The molecule has 2 aromatic rings. The Bertz CT molecular complexity index is 677. The van der Waals surface area contributed by atoms with E-state index in [1.54, 1.807) is 31.4 Å². The van der Waals surface area contributed by atoms with E-state index in [-0.39, 0.29) is 11.7 Å². The molecule has 1 N–H and O–H groups in total. The number of carbonyl (C=O) groups is 2. The fourth-order valence-electron chi connectivity index (χ4n) is 2.26. The van der Waals surface area contributed by atoms with E-state index in [9.17, 15) is 9.59 Å². The van der Waals surface area contributed by atoms with E-state index in [1.165, 1.54) is 0 Å². The molecule has 0 radical (unpaired) electrons. The molecule has 0 bridgehead atoms. The van der Waals surface area contributed by atoms with Gasteiger partial charge in [0.05, 0.1) is 7.11 Å². The van der Waals surface area contributed by atoms with Crippen molar-refractivity contribution in [1.29, 1.82) is 0 Å². The van der Waals surface area contributed by atoms with Crippen molar-refractivity contribution < 1.29 is 14.3 Å². The number of hydrogen-bond acceptors (Lipinski definition) is 3. The van der Waals surface area contributed by atoms with E-state index in [4.69, 9.17) is 4.74 Å². The highest BCUT2D eigenvalue weighted by atomic mass is 16.5. The Hall–Kier alpha value is -2.62. The normalized spacial score (nSPS) is 10.2. The van der Waals surface area contributed by atoms with E-state index < -0.39 is 0 Å². The summed E-state index contributed by atoms with van der Waals surface area (Å²) in [5.41, 5.74) is 2.49. The average Bonchev–Trinajstić information content (AvgIpc) is 2.57. The number of benzene rings is 2. The van der Waals surface area contributed by atoms with Gasteiger partial charge in [0, 0.05) is 24.1 Å². The van der Waals surface area contributed by atoms with Crippen LogP contribution in [0.2, 0.25) is 0 Å². The summed E-state index contributed by atoms with van der Waals surface area (Å²) in [4.78, 5) is 24.0. The minimum atomic E-state index is -0.0677. The second-order valence-corrected chi connectivity index (χ2v) is 5.37. The molecule has 2 rings (SSSR count). The highest BCUT2D eigenvalue weighted by Gasteiger charge is 2.09. The van der Waals surface area contributed by atoms with E-state index in [1.807, 2.05) is 31.2 Å². The zero-order chi connectivity index (χ0) is 16.7. The van der Waals surface area contributed by atoms with Crippen molar-refractivity contribution in [3.63, 3.8) is 0 Å². The van der Waals surface area contributed by atoms with Gasteiger partial charge in [-0.05, 0) is 49.2 Å². The highest BCUT2D eigenvalue weighted by Crippen LogP contribution is 2.15. The van der Waals surface area contributed by atoms with Gasteiger partial charge in [0.15, 0.2) is 5.78 Å². The van der Waals surface area contributed by atoms with Gasteiger partial charge in [0.25, 0.3) is 0 Å². The Labute approximate surface area is 136 Å². The van der Waals surface area contributed by atoms with Crippen molar-refractivity contribution in [3.8, 4) is 5.75 Å². The Morgan fingerprint density at radius 2 is 1.70 bits per heavy atom. The van der Waals surface area contributed by atoms with Gasteiger partial charge in [-0.3, -0.25) is 9.59 Å². The predicted octanol–water partition coefficient (Wildman–Crippen LogP) is 4.00. The largest absolute Gasteiger partial charge is 0.497 e. The van der Waals surface area contributed by atoms with Crippen LogP contribution in [0.25, 0.3) is 0 Å². The Balaban J connectivity index is 1.78. The summed E-state index contributed by atoms with van der Waals surface area (Å²) in [6, 6.07) is 14.6. The van der Waals surface area contributed by atoms with Crippen LogP contribution >= 0.6 is 0 Å². The van der Waals surface area contributed by atoms with Gasteiger partial charge in [0.1, 0.15) is 5.75 Å². The molecule has 4 heteroatoms. The van der Waals surface area contributed by atoms with Crippen LogP contribution in [0.4, 0.5) is 5.69 Å². The number of hydrogen-bond donors (Lipinski definition) is 1. The van der Waals surface area contributed by atoms with Gasteiger partial charge >= 0.3 is 0 Å². The van der Waals surface area contributed by atoms with Gasteiger partial charge in [-0.25, -0.2) is 0 Å². The van der Waals surface area contributed by atoms with Gasteiger partial charge in [-0.2, -0.15) is 0 Å². The highest BCUT2D eigenvalue weighted by molar-refractivity contribution is 5.97. The number of nitrogens with one attached hydrogen (secondary N) is 1. The lowest BCUT2D eigenvalue weighted by Crippen LogP contribution is -2.12. The van der Waals surface area contributed by atoms with Crippen LogP contribution in [-0.2, 0) is 4.79 Å². The molecule has 0 aliphatic heterocycles. The summed E-state index contributed by atoms with van der Waals surface area (Å²) in [7, 11) is 1.59. The third-order valence-corrected chi connectivity index (χ3v) is 3.64. The Kier molecular flexibility index (Phi) is 5.92. The number of anilines is 1. The molecule has 0 fully saturated rings. The van der Waals surface area contributed by atoms with Crippen LogP contribution in [0.3, 0.4) is 0 Å². The van der Waals surface area contributed by atoms with E-state index in [2.05, 4.69) is 5.32 Å². The number of Topliss-reactive ketones (excluding diaryl/α,β-unsaturated/α-hetero) is 1. The van der Waals surface area contributed by atoms with Crippen LogP contribution in [0, 0.1) is 6.92 Å². The Morgan fingerprint density at radius 1 is 1.00 bits per heavy atom. The van der Waals surface area contributed by atoms with Crippen LogP contribution in [0.15, 0.2) is 48.5 Å². The summed E-state index contributed by atoms with van der Waals surface area (Å²) in [5, 5.41) is 2.87. The molecule has 1 amide bonds. The third-order valence-electron chi connectivity index (χ3n) is 3.64. The molecule has 0 spiro atoms. The van der Waals surface area contributed by atoms with Gasteiger partial charge < -0.3 is 10.1 Å². The molecule has 23 heavy (non-hydrogen) atoms. The first-order valence-corrected chi connectivity index (χ1v) is 7.63. The Morgan fingerprint density at radius 3 is 2.35 bits per heavy atom. The van der Waals surface area contributed by atoms with Crippen molar-refractivity contribution in [2.45, 2.75) is 26.2 Å². The van der Waals surface area contributed by atoms with E-state index >= 15 is 0 Å². The van der Waals surface area contributed by atoms with Crippen molar-refractivity contribution in [2.24, 2.45) is 0 Å². The van der Waals surface area contributed by atoms with Crippen molar-refractivity contribution in [1.82, 2.24) is 0 Å². The molecule has 0 saturated carbocycles. The lowest BCUT2D eigenvalue weighted by molar-refractivity contribution is -0.116. The molecule has 0 saturated heterocycles. The maximum atomic E-state index is 12.1. The first-order chi connectivity index (χ1) is 11.1. The first-order valence-electron chi connectivity index (χ1n) is 7.63. The predicted molar refractivity (Wildman–Crippen MR) is 91.0 cm³/mol. The lowest BCUT2D eigenvalue weighted by Gasteiger charge is -2.08. The second kappa shape index (κ2) is 8.13. The van der Waals surface area contributed by atoms with Gasteiger partial charge in [-0.15, -0.1) is 0 Å². The summed E-state index contributed by atoms with van der Waals surface area (Å²) >= 11 is 0. The number of ether oxygens (including phenoxy) is 1. The number of methoxy groups -OCH3 is 1. The third kappa shape index (κ3) is 4.95. The summed E-state index contributed by atoms with van der Waals surface area (Å²) in [5.74, 6) is 0.692. The quantitative estimate of drug-likeness (QED) is 0.786. The number of amides is 1. The maximum absolute atomic E-state index is 12.1. The molecule has 0 heterocycles. The van der Waals surface area contributed by atoms with E-state index in [0.717, 1.165) is 17.0 Å². The van der Waals surface area contributed by atoms with Crippen LogP contribution in [0.1, 0.15) is 35.2 Å². The zero-order valence-electron chi connectivity index (χ0n) is 13.5. The molecular formula is C19H21NO3. The van der Waals surface area contributed by atoms with Crippen molar-refractivity contribution >= 4 is 17.4 Å². The number of ketones is 1. The summed E-state index contributed by atoms with van der Waals surface area (Å²) < 4.78 is 5.06. The molecule has 0 atom stereocenters. The van der Waals surface area contributed by atoms with Crippen LogP contribution in [-0.4, -0.2) is 18.8 Å². The second-order valence-electron chi connectivity index (χ2n) is 5.37. The van der Waals surface area contributed by atoms with Crippen LogP contribution in [0.5, 0.6) is 5.75 Å². The standard InChI is InChI=1S/C19H21NO3/c1-14-6-3-4-7-17(14)20-19(22)9-5-8-18(21)15-10-12-16(23-2)13-11-15/h3-4,6-7,10-13H,5,8-9H2,1-2H3,(H,20,22). The molecule has 0 unspecified atom stereocenters. The summed E-state index contributed by atoms with van der Waals surface area (Å²) in [6.07, 6.45) is 1.21. The fourth-order valence-corrected chi connectivity index (χ4v) is 2.26. The molecule has 0 aliphatic carbocycles. The molecule has 0 aromatic heterocycles. The molecular weight excluding hydrogens is 290 g/mol. The fraction of sp³-hybridized carbons (Fsp3) is 0.263. The van der Waals surface area contributed by atoms with Gasteiger partial charge in [0.2, 0.25) is 5.91 Å². The van der Waals surface area contributed by atoms with Crippen molar-refractivity contribution in [2.75, 3.05) is 12.4 Å². The smallest absolute Gasteiger partial charge is 0.224 e. The monoisotopic (exact) mass is 311 g/mol. The van der Waals surface area contributed by atoms with Gasteiger partial charge in [-0.1, -0.05) is 18.2 Å². The van der Waals surface area contributed by atoms with E-state index in [0.29, 0.717) is 24.8 Å². The van der Waals surface area contributed by atoms with Crippen molar-refractivity contribution in [3.05, 3.63) is 59.7 Å². The minimum absolute atomic E-state index is 0.0383. The summed E-state index contributed by atoms with van der Waals surface area (Å²) in [6.45, 7) is 1.95. The SMILES string of the molecule is COc1ccc(C(=O)CCCC(=O)Nc2ccccc2C)cc1. The number of carbonyl (C=O) groups excluding carboxylic acids is 2. The average molecular weight is 311 g/mol. The topological polar surface area (TPSA) is 55.4 Å². The molecule has 4 nitrogen and oxygen atoms in total. The molecule has 120 valence electrons. The maximum Gasteiger partial charge on any atom is 0.224 e. The molecule has 2 aromatic carbocycles. The lowest BCUT2D eigenvalue weighted by atomic mass is 10.1. The minimum Gasteiger partial charge on any atom is -0.497 e. The molecule has 0 aliphatic rings. The zero-order valence-corrected chi connectivity index (χ0v) is 13.5. The first kappa shape index (κ1) is 16.7. The van der Waals surface area contributed by atoms with Crippen LogP contribution < -0.4 is 10.1 Å².